The molecule has 0 spiro atoms. The highest BCUT2D eigenvalue weighted by Crippen LogP contribution is 2.24. The lowest BCUT2D eigenvalue weighted by Gasteiger charge is -2.15. The predicted molar refractivity (Wildman–Crippen MR) is 102 cm³/mol. The van der Waals surface area contributed by atoms with Crippen molar-refractivity contribution in [2.45, 2.75) is 13.5 Å². The first-order chi connectivity index (χ1) is 12.8. The summed E-state index contributed by atoms with van der Waals surface area (Å²) < 4.78 is 1.72. The van der Waals surface area contributed by atoms with Crippen LogP contribution in [0, 0.1) is 6.92 Å². The van der Waals surface area contributed by atoms with E-state index in [-0.39, 0.29) is 18.4 Å². The van der Waals surface area contributed by atoms with Gasteiger partial charge in [0.15, 0.2) is 0 Å². The molecule has 9 nitrogen and oxygen atoms in total. The van der Waals surface area contributed by atoms with Crippen LogP contribution >= 0.6 is 0 Å². The Labute approximate surface area is 158 Å². The Kier molecular flexibility index (Phi) is 5.41. The maximum Gasteiger partial charge on any atom is 0.273 e. The van der Waals surface area contributed by atoms with Crippen LogP contribution in [0.15, 0.2) is 18.2 Å². The fraction of sp³-hybridized carbons (Fsp3) is 0.444. The van der Waals surface area contributed by atoms with Crippen LogP contribution in [-0.4, -0.2) is 70.1 Å². The summed E-state index contributed by atoms with van der Waals surface area (Å²) in [4.78, 5) is 32.6. The number of rotatable bonds is 7. The molecule has 0 saturated heterocycles. The van der Waals surface area contributed by atoms with Crippen molar-refractivity contribution < 1.29 is 9.59 Å². The van der Waals surface area contributed by atoms with Crippen LogP contribution in [0.25, 0.3) is 0 Å². The fourth-order valence-electron chi connectivity index (χ4n) is 2.93. The van der Waals surface area contributed by atoms with Gasteiger partial charge in [0.05, 0.1) is 5.69 Å². The van der Waals surface area contributed by atoms with E-state index in [2.05, 4.69) is 20.7 Å². The van der Waals surface area contributed by atoms with Crippen molar-refractivity contribution in [2.75, 3.05) is 39.0 Å². The molecule has 2 aromatic heterocycles. The maximum atomic E-state index is 12.6. The second-order valence-electron chi connectivity index (χ2n) is 6.94. The Balaban J connectivity index is 1.63. The van der Waals surface area contributed by atoms with Crippen molar-refractivity contribution in [3.05, 3.63) is 35.2 Å². The average molecular weight is 371 g/mol. The summed E-state index contributed by atoms with van der Waals surface area (Å²) in [6.07, 6.45) is 0. The molecule has 3 heterocycles. The van der Waals surface area contributed by atoms with E-state index in [1.807, 2.05) is 51.2 Å². The topological polar surface area (TPSA) is 95.4 Å². The molecule has 0 saturated carbocycles. The van der Waals surface area contributed by atoms with Gasteiger partial charge in [-0.3, -0.25) is 14.3 Å². The quantitative estimate of drug-likeness (QED) is 0.736. The third kappa shape index (κ3) is 4.43. The van der Waals surface area contributed by atoms with E-state index in [0.717, 1.165) is 23.6 Å². The number of nitrogens with one attached hydrogen (secondary N) is 2. The van der Waals surface area contributed by atoms with Crippen LogP contribution in [0.2, 0.25) is 0 Å². The standard InChI is InChI=1S/C18H25N7O2/c1-12-9-15(24(4)22-12)20-14-6-5-13-10-25(18(27)17(13)21-14)11-16(26)19-7-8-23(2)3/h5-6,9H,7-8,10-11H2,1-4H3,(H,19,26)(H,20,21). The van der Waals surface area contributed by atoms with Gasteiger partial charge in [-0.1, -0.05) is 6.07 Å². The lowest BCUT2D eigenvalue weighted by molar-refractivity contribution is -0.121. The highest BCUT2D eigenvalue weighted by atomic mass is 16.2. The lowest BCUT2D eigenvalue weighted by Crippen LogP contribution is -2.39. The molecular formula is C18H25N7O2. The summed E-state index contributed by atoms with van der Waals surface area (Å²) in [5.41, 5.74) is 2.11. The van der Waals surface area contributed by atoms with E-state index in [0.29, 0.717) is 24.6 Å². The van der Waals surface area contributed by atoms with E-state index in [9.17, 15) is 9.59 Å². The van der Waals surface area contributed by atoms with Gasteiger partial charge in [0, 0.05) is 38.3 Å². The van der Waals surface area contributed by atoms with Gasteiger partial charge in [-0.25, -0.2) is 4.98 Å². The number of aromatic nitrogens is 3. The normalized spacial score (nSPS) is 13.2. The largest absolute Gasteiger partial charge is 0.353 e. The van der Waals surface area contributed by atoms with Crippen molar-refractivity contribution in [2.24, 2.45) is 7.05 Å². The zero-order valence-corrected chi connectivity index (χ0v) is 16.1. The third-order valence-corrected chi connectivity index (χ3v) is 4.30. The molecule has 0 radical (unpaired) electrons. The van der Waals surface area contributed by atoms with Crippen LogP contribution in [-0.2, 0) is 18.4 Å². The van der Waals surface area contributed by atoms with Gasteiger partial charge in [0.1, 0.15) is 23.9 Å². The second kappa shape index (κ2) is 7.75. The Morgan fingerprint density at radius 3 is 2.78 bits per heavy atom. The molecule has 0 aromatic carbocycles. The Morgan fingerprint density at radius 1 is 1.33 bits per heavy atom. The first-order valence-corrected chi connectivity index (χ1v) is 8.82. The Hall–Kier alpha value is -2.94. The molecule has 0 bridgehead atoms. The number of fused-ring (bicyclic) bond motifs is 1. The Morgan fingerprint density at radius 2 is 2.11 bits per heavy atom. The van der Waals surface area contributed by atoms with Gasteiger partial charge in [0.25, 0.3) is 5.91 Å². The number of carbonyl (C=O) groups excluding carboxylic acids is 2. The number of amides is 2. The number of aryl methyl sites for hydroxylation is 2. The molecule has 0 fully saturated rings. The molecule has 27 heavy (non-hydrogen) atoms. The smallest absolute Gasteiger partial charge is 0.273 e. The minimum Gasteiger partial charge on any atom is -0.353 e. The van der Waals surface area contributed by atoms with Crippen LogP contribution in [0.4, 0.5) is 11.6 Å². The zero-order valence-electron chi connectivity index (χ0n) is 16.1. The summed E-state index contributed by atoms with van der Waals surface area (Å²) >= 11 is 0. The third-order valence-electron chi connectivity index (χ3n) is 4.30. The molecule has 144 valence electrons. The molecule has 2 N–H and O–H groups in total. The van der Waals surface area contributed by atoms with Crippen molar-refractivity contribution in [1.82, 2.24) is 29.9 Å². The highest BCUT2D eigenvalue weighted by molar-refractivity contribution is 5.99. The highest BCUT2D eigenvalue weighted by Gasteiger charge is 2.30. The summed E-state index contributed by atoms with van der Waals surface area (Å²) in [5.74, 6) is 0.976. The number of hydrogen-bond acceptors (Lipinski definition) is 6. The van der Waals surface area contributed by atoms with Crippen LogP contribution in [0.1, 0.15) is 21.7 Å². The van der Waals surface area contributed by atoms with Crippen molar-refractivity contribution in [1.29, 1.82) is 0 Å². The van der Waals surface area contributed by atoms with E-state index < -0.39 is 0 Å². The number of carbonyl (C=O) groups is 2. The SMILES string of the molecule is Cc1cc(Nc2ccc3c(n2)C(=O)N(CC(=O)NCCN(C)C)C3)n(C)n1. The van der Waals surface area contributed by atoms with E-state index in [4.69, 9.17) is 0 Å². The van der Waals surface area contributed by atoms with Gasteiger partial charge >= 0.3 is 0 Å². The molecule has 1 aliphatic heterocycles. The monoisotopic (exact) mass is 371 g/mol. The fourth-order valence-corrected chi connectivity index (χ4v) is 2.93. The van der Waals surface area contributed by atoms with Gasteiger partial charge in [-0.05, 0) is 27.1 Å². The average Bonchev–Trinajstić information content (AvgIpc) is 3.07. The molecule has 1 aliphatic rings. The molecular weight excluding hydrogens is 346 g/mol. The van der Waals surface area contributed by atoms with Gasteiger partial charge < -0.3 is 20.4 Å². The molecule has 3 rings (SSSR count). The van der Waals surface area contributed by atoms with Crippen molar-refractivity contribution in [3.63, 3.8) is 0 Å². The minimum absolute atomic E-state index is 0.0340. The van der Waals surface area contributed by atoms with Crippen LogP contribution in [0.5, 0.6) is 0 Å². The minimum atomic E-state index is -0.224. The Bertz CT molecular complexity index is 859. The van der Waals surface area contributed by atoms with Gasteiger partial charge in [0.2, 0.25) is 5.91 Å². The van der Waals surface area contributed by atoms with E-state index in [1.165, 1.54) is 4.90 Å². The number of likely N-dealkylation sites (N-methyl/N-ethyl adjacent to an activating group) is 1. The van der Waals surface area contributed by atoms with Gasteiger partial charge in [-0.2, -0.15) is 5.10 Å². The molecule has 0 aliphatic carbocycles. The summed E-state index contributed by atoms with van der Waals surface area (Å²) in [5, 5.41) is 10.3. The molecule has 9 heteroatoms. The number of pyridine rings is 1. The van der Waals surface area contributed by atoms with Gasteiger partial charge in [-0.15, -0.1) is 0 Å². The number of anilines is 2. The van der Waals surface area contributed by atoms with E-state index >= 15 is 0 Å². The van der Waals surface area contributed by atoms with Crippen molar-refractivity contribution >= 4 is 23.5 Å². The second-order valence-corrected chi connectivity index (χ2v) is 6.94. The van der Waals surface area contributed by atoms with Crippen LogP contribution < -0.4 is 10.6 Å². The van der Waals surface area contributed by atoms with E-state index in [1.54, 1.807) is 4.68 Å². The maximum absolute atomic E-state index is 12.6. The molecule has 2 aromatic rings. The number of hydrogen-bond donors (Lipinski definition) is 2. The summed E-state index contributed by atoms with van der Waals surface area (Å²) in [7, 11) is 5.72. The molecule has 0 atom stereocenters. The zero-order chi connectivity index (χ0) is 19.6. The van der Waals surface area contributed by atoms with Crippen LogP contribution in [0.3, 0.4) is 0 Å². The first kappa shape index (κ1) is 18.8. The van der Waals surface area contributed by atoms with Crippen molar-refractivity contribution in [3.8, 4) is 0 Å². The molecule has 2 amide bonds. The first-order valence-electron chi connectivity index (χ1n) is 8.82. The summed E-state index contributed by atoms with van der Waals surface area (Å²) in [6.45, 7) is 3.65. The molecule has 0 unspecified atom stereocenters. The lowest BCUT2D eigenvalue weighted by atomic mass is 10.2. The predicted octanol–water partition coefficient (Wildman–Crippen LogP) is 0.501. The number of nitrogens with zero attached hydrogens (tertiary/aromatic N) is 5. The summed E-state index contributed by atoms with van der Waals surface area (Å²) in [6, 6.07) is 5.60.